The summed E-state index contributed by atoms with van der Waals surface area (Å²) in [6.45, 7) is 1.29. The second kappa shape index (κ2) is 4.62. The van der Waals surface area contributed by atoms with Crippen molar-refractivity contribution in [3.8, 4) is 5.69 Å². The van der Waals surface area contributed by atoms with Crippen molar-refractivity contribution in [1.82, 2.24) is 14.8 Å². The lowest BCUT2D eigenvalue weighted by atomic mass is 10.2. The quantitative estimate of drug-likeness (QED) is 0.805. The SMILES string of the molecule is O=C(c1ccc(-n2cccn2)cc1)N1CCCO1. The molecular formula is C13H13N3O2. The maximum atomic E-state index is 12.0. The number of hydroxylamine groups is 2. The number of carbonyl (C=O) groups is 1. The van der Waals surface area contributed by atoms with Gasteiger partial charge in [0.05, 0.1) is 18.8 Å². The Morgan fingerprint density at radius 1 is 1.28 bits per heavy atom. The normalized spacial score (nSPS) is 15.0. The summed E-state index contributed by atoms with van der Waals surface area (Å²) in [4.78, 5) is 17.3. The smallest absolute Gasteiger partial charge is 0.271 e. The van der Waals surface area contributed by atoms with Gasteiger partial charge in [0.15, 0.2) is 0 Å². The molecule has 1 fully saturated rings. The van der Waals surface area contributed by atoms with Gasteiger partial charge in [0, 0.05) is 18.0 Å². The van der Waals surface area contributed by atoms with Crippen molar-refractivity contribution < 1.29 is 9.63 Å². The van der Waals surface area contributed by atoms with Gasteiger partial charge in [-0.05, 0) is 36.8 Å². The van der Waals surface area contributed by atoms with Crippen molar-refractivity contribution >= 4 is 5.91 Å². The van der Waals surface area contributed by atoms with E-state index in [4.69, 9.17) is 4.84 Å². The van der Waals surface area contributed by atoms with E-state index in [-0.39, 0.29) is 5.91 Å². The lowest BCUT2D eigenvalue weighted by molar-refractivity contribution is -0.0768. The molecule has 3 rings (SSSR count). The molecular weight excluding hydrogens is 230 g/mol. The van der Waals surface area contributed by atoms with Gasteiger partial charge >= 0.3 is 0 Å². The number of carbonyl (C=O) groups excluding carboxylic acids is 1. The predicted octanol–water partition coefficient (Wildman–Crippen LogP) is 1.65. The summed E-state index contributed by atoms with van der Waals surface area (Å²) < 4.78 is 1.75. The number of hydrogen-bond donors (Lipinski definition) is 0. The molecule has 0 bridgehead atoms. The minimum Gasteiger partial charge on any atom is -0.271 e. The van der Waals surface area contributed by atoms with Gasteiger partial charge in [-0.2, -0.15) is 5.10 Å². The summed E-state index contributed by atoms with van der Waals surface area (Å²) in [7, 11) is 0. The van der Waals surface area contributed by atoms with E-state index in [9.17, 15) is 4.79 Å². The Hall–Kier alpha value is -2.14. The Bertz CT molecular complexity index is 528. The Kier molecular flexibility index (Phi) is 2.82. The molecule has 0 N–H and O–H groups in total. The third kappa shape index (κ3) is 2.00. The Morgan fingerprint density at radius 3 is 2.72 bits per heavy atom. The maximum absolute atomic E-state index is 12.0. The standard InChI is InChI=1S/C13H13N3O2/c17-13(16-9-2-10-18-16)11-3-5-12(6-4-11)15-8-1-7-14-15/h1,3-8H,2,9-10H2. The first-order chi connectivity index (χ1) is 8.84. The average molecular weight is 243 g/mol. The van der Waals surface area contributed by atoms with E-state index in [1.54, 1.807) is 23.0 Å². The summed E-state index contributed by atoms with van der Waals surface area (Å²) in [5, 5.41) is 5.55. The highest BCUT2D eigenvalue weighted by Crippen LogP contribution is 2.13. The highest BCUT2D eigenvalue weighted by molar-refractivity contribution is 5.93. The van der Waals surface area contributed by atoms with Crippen molar-refractivity contribution in [3.63, 3.8) is 0 Å². The Labute approximate surface area is 105 Å². The monoisotopic (exact) mass is 243 g/mol. The molecule has 2 aromatic rings. The van der Waals surface area contributed by atoms with E-state index in [0.29, 0.717) is 18.7 Å². The molecule has 0 atom stereocenters. The number of nitrogens with zero attached hydrogens (tertiary/aromatic N) is 3. The van der Waals surface area contributed by atoms with E-state index in [1.165, 1.54) is 5.06 Å². The summed E-state index contributed by atoms with van der Waals surface area (Å²) in [5.74, 6) is -0.0838. The Balaban J connectivity index is 1.80. The largest absolute Gasteiger partial charge is 0.277 e. The van der Waals surface area contributed by atoms with E-state index in [2.05, 4.69) is 5.10 Å². The van der Waals surface area contributed by atoms with Crippen molar-refractivity contribution in [2.75, 3.05) is 13.2 Å². The summed E-state index contributed by atoms with van der Waals surface area (Å²) in [6, 6.07) is 9.19. The number of rotatable bonds is 2. The van der Waals surface area contributed by atoms with Crippen LogP contribution in [0.2, 0.25) is 0 Å². The second-order valence-electron chi connectivity index (χ2n) is 4.09. The van der Waals surface area contributed by atoms with Crippen LogP contribution >= 0.6 is 0 Å². The van der Waals surface area contributed by atoms with Crippen molar-refractivity contribution in [2.45, 2.75) is 6.42 Å². The molecule has 92 valence electrons. The summed E-state index contributed by atoms with van der Waals surface area (Å²) in [6.07, 6.45) is 4.48. The number of aromatic nitrogens is 2. The first-order valence-corrected chi connectivity index (χ1v) is 5.89. The molecule has 1 aliphatic heterocycles. The first kappa shape index (κ1) is 11.0. The molecule has 0 saturated carbocycles. The van der Waals surface area contributed by atoms with Gasteiger partial charge in [-0.1, -0.05) is 0 Å². The molecule has 5 nitrogen and oxygen atoms in total. The van der Waals surface area contributed by atoms with Crippen LogP contribution in [0.15, 0.2) is 42.7 Å². The van der Waals surface area contributed by atoms with E-state index < -0.39 is 0 Å². The molecule has 1 aromatic carbocycles. The summed E-state index contributed by atoms with van der Waals surface area (Å²) in [5.41, 5.74) is 1.56. The van der Waals surface area contributed by atoms with Crippen LogP contribution in [0.5, 0.6) is 0 Å². The third-order valence-electron chi connectivity index (χ3n) is 2.86. The topological polar surface area (TPSA) is 47.4 Å². The Morgan fingerprint density at radius 2 is 2.11 bits per heavy atom. The first-order valence-electron chi connectivity index (χ1n) is 5.89. The zero-order chi connectivity index (χ0) is 12.4. The van der Waals surface area contributed by atoms with Crippen molar-refractivity contribution in [1.29, 1.82) is 0 Å². The molecule has 1 saturated heterocycles. The fraction of sp³-hybridized carbons (Fsp3) is 0.231. The highest BCUT2D eigenvalue weighted by atomic mass is 16.7. The van der Waals surface area contributed by atoms with Crippen LogP contribution in [0.1, 0.15) is 16.8 Å². The van der Waals surface area contributed by atoms with Crippen LogP contribution < -0.4 is 0 Å². The van der Waals surface area contributed by atoms with Gasteiger partial charge in [0.2, 0.25) is 0 Å². The van der Waals surface area contributed by atoms with Gasteiger partial charge in [-0.25, -0.2) is 9.75 Å². The molecule has 0 radical (unpaired) electrons. The zero-order valence-corrected chi connectivity index (χ0v) is 9.82. The minimum atomic E-state index is -0.0838. The van der Waals surface area contributed by atoms with Gasteiger partial charge in [0.25, 0.3) is 5.91 Å². The molecule has 18 heavy (non-hydrogen) atoms. The van der Waals surface area contributed by atoms with Gasteiger partial charge in [-0.15, -0.1) is 0 Å². The molecule has 1 amide bonds. The van der Waals surface area contributed by atoms with Crippen LogP contribution in [0, 0.1) is 0 Å². The zero-order valence-electron chi connectivity index (χ0n) is 9.82. The van der Waals surface area contributed by atoms with Crippen LogP contribution in [0.4, 0.5) is 0 Å². The fourth-order valence-corrected chi connectivity index (χ4v) is 1.93. The van der Waals surface area contributed by atoms with E-state index >= 15 is 0 Å². The van der Waals surface area contributed by atoms with E-state index in [1.807, 2.05) is 24.4 Å². The lowest BCUT2D eigenvalue weighted by Crippen LogP contribution is -2.26. The molecule has 0 unspecified atom stereocenters. The highest BCUT2D eigenvalue weighted by Gasteiger charge is 2.20. The number of amides is 1. The molecule has 0 aliphatic carbocycles. The van der Waals surface area contributed by atoms with Crippen molar-refractivity contribution in [3.05, 3.63) is 48.3 Å². The van der Waals surface area contributed by atoms with Crippen LogP contribution in [0.25, 0.3) is 5.69 Å². The van der Waals surface area contributed by atoms with Crippen LogP contribution in [-0.4, -0.2) is 33.9 Å². The van der Waals surface area contributed by atoms with Crippen LogP contribution in [-0.2, 0) is 4.84 Å². The van der Waals surface area contributed by atoms with Crippen LogP contribution in [0.3, 0.4) is 0 Å². The second-order valence-corrected chi connectivity index (χ2v) is 4.09. The minimum absolute atomic E-state index is 0.0838. The molecule has 5 heteroatoms. The molecule has 1 aliphatic rings. The third-order valence-corrected chi connectivity index (χ3v) is 2.86. The van der Waals surface area contributed by atoms with Gasteiger partial charge in [-0.3, -0.25) is 9.63 Å². The molecule has 2 heterocycles. The predicted molar refractivity (Wildman–Crippen MR) is 65.2 cm³/mol. The van der Waals surface area contributed by atoms with Gasteiger partial charge in [0.1, 0.15) is 0 Å². The van der Waals surface area contributed by atoms with E-state index in [0.717, 1.165) is 12.1 Å². The number of hydrogen-bond acceptors (Lipinski definition) is 3. The molecule has 1 aromatic heterocycles. The van der Waals surface area contributed by atoms with Gasteiger partial charge < -0.3 is 0 Å². The van der Waals surface area contributed by atoms with Crippen molar-refractivity contribution in [2.24, 2.45) is 0 Å². The fourth-order valence-electron chi connectivity index (χ4n) is 1.93. The summed E-state index contributed by atoms with van der Waals surface area (Å²) >= 11 is 0. The average Bonchev–Trinajstić information content (AvgIpc) is 3.11. The number of benzene rings is 1. The lowest BCUT2D eigenvalue weighted by Gasteiger charge is -2.13. The molecule has 0 spiro atoms. The maximum Gasteiger partial charge on any atom is 0.277 e.